The van der Waals surface area contributed by atoms with Crippen molar-refractivity contribution in [2.24, 2.45) is 5.92 Å². The Hall–Kier alpha value is -3.23. The molecule has 0 spiro atoms. The van der Waals surface area contributed by atoms with Crippen LogP contribution in [0.2, 0.25) is 0 Å². The highest BCUT2D eigenvalue weighted by atomic mass is 32.1. The number of hydrogen-bond donors (Lipinski definition) is 1. The highest BCUT2D eigenvalue weighted by molar-refractivity contribution is 7.22. The largest absolute Gasteiger partial charge is 0.493 e. The number of nitrogens with one attached hydrogen (secondary N) is 1. The first-order valence-electron chi connectivity index (χ1n) is 11.0. The van der Waals surface area contributed by atoms with Gasteiger partial charge in [0.05, 0.1) is 17.3 Å². The van der Waals surface area contributed by atoms with Gasteiger partial charge in [0.15, 0.2) is 16.5 Å². The number of carbonyl (C=O) groups is 1. The Morgan fingerprint density at radius 1 is 1.24 bits per heavy atom. The number of amides is 1. The van der Waals surface area contributed by atoms with Gasteiger partial charge in [-0.3, -0.25) is 15.0 Å². The van der Waals surface area contributed by atoms with E-state index in [9.17, 15) is 9.59 Å². The molecule has 2 aromatic heterocycles. The number of benzene rings is 2. The number of likely N-dealkylation sites (tertiary alicyclic amines) is 1. The summed E-state index contributed by atoms with van der Waals surface area (Å²) in [6.45, 7) is 5.49. The summed E-state index contributed by atoms with van der Waals surface area (Å²) >= 11 is 1.40. The summed E-state index contributed by atoms with van der Waals surface area (Å²) in [6.07, 6.45) is 2.49. The number of thiazole rings is 1. The zero-order chi connectivity index (χ0) is 22.9. The summed E-state index contributed by atoms with van der Waals surface area (Å²) in [4.78, 5) is 32.3. The molecule has 1 amide bonds. The van der Waals surface area contributed by atoms with Crippen LogP contribution in [0.5, 0.6) is 5.75 Å². The predicted molar refractivity (Wildman–Crippen MR) is 130 cm³/mol. The van der Waals surface area contributed by atoms with Crippen LogP contribution in [0, 0.1) is 5.92 Å². The van der Waals surface area contributed by atoms with E-state index in [4.69, 9.17) is 9.15 Å². The molecule has 1 fully saturated rings. The Morgan fingerprint density at radius 3 is 2.85 bits per heavy atom. The average molecular weight is 464 g/mol. The van der Waals surface area contributed by atoms with Crippen LogP contribution in [0.15, 0.2) is 51.7 Å². The van der Waals surface area contributed by atoms with Crippen molar-refractivity contribution in [1.29, 1.82) is 0 Å². The standard InChI is InChI=1S/C25H25N3O4S/c1-15-8-10-28(11-9-15)14-16-6-7-19-21(12-16)33-25(26-19)27-23(29)18-13-17-4-3-5-20(31-2)22(17)32-24(18)30/h3-7,12-13,15H,8-11,14H2,1-2H3,(H,26,27,29). The Bertz CT molecular complexity index is 1390. The molecule has 170 valence electrons. The molecule has 3 heterocycles. The van der Waals surface area contributed by atoms with Gasteiger partial charge in [0.2, 0.25) is 0 Å². The smallest absolute Gasteiger partial charge is 0.349 e. The summed E-state index contributed by atoms with van der Waals surface area (Å²) in [5, 5.41) is 3.81. The molecule has 0 bridgehead atoms. The number of hydrogen-bond acceptors (Lipinski definition) is 7. The third-order valence-corrected chi connectivity index (χ3v) is 7.08. The van der Waals surface area contributed by atoms with Crippen LogP contribution in [0.1, 0.15) is 35.7 Å². The lowest BCUT2D eigenvalue weighted by molar-refractivity contribution is 0.102. The van der Waals surface area contributed by atoms with E-state index in [1.54, 1.807) is 18.2 Å². The van der Waals surface area contributed by atoms with Gasteiger partial charge >= 0.3 is 5.63 Å². The summed E-state index contributed by atoms with van der Waals surface area (Å²) in [6, 6.07) is 13.0. The molecule has 7 nitrogen and oxygen atoms in total. The molecule has 2 aromatic carbocycles. The van der Waals surface area contributed by atoms with E-state index in [2.05, 4.69) is 34.3 Å². The van der Waals surface area contributed by atoms with E-state index < -0.39 is 11.5 Å². The number of ether oxygens (including phenoxy) is 1. The van der Waals surface area contributed by atoms with Crippen LogP contribution in [0.25, 0.3) is 21.2 Å². The van der Waals surface area contributed by atoms with Crippen molar-refractivity contribution < 1.29 is 13.9 Å². The highest BCUT2D eigenvalue weighted by Crippen LogP contribution is 2.29. The fraction of sp³-hybridized carbons (Fsp3) is 0.320. The summed E-state index contributed by atoms with van der Waals surface area (Å²) in [5.74, 6) is 0.705. The number of nitrogens with zero attached hydrogens (tertiary/aromatic N) is 2. The molecular formula is C25H25N3O4S. The van der Waals surface area contributed by atoms with E-state index in [-0.39, 0.29) is 5.56 Å². The number of fused-ring (bicyclic) bond motifs is 2. The molecule has 0 atom stereocenters. The van der Waals surface area contributed by atoms with E-state index in [1.165, 1.54) is 42.9 Å². The highest BCUT2D eigenvalue weighted by Gasteiger charge is 2.18. The number of rotatable bonds is 5. The van der Waals surface area contributed by atoms with Crippen LogP contribution >= 0.6 is 11.3 Å². The number of piperidine rings is 1. The van der Waals surface area contributed by atoms with Crippen LogP contribution in [-0.2, 0) is 6.54 Å². The number of aromatic nitrogens is 1. The monoisotopic (exact) mass is 463 g/mol. The van der Waals surface area contributed by atoms with Gasteiger partial charge in [0, 0.05) is 11.9 Å². The molecule has 4 aromatic rings. The van der Waals surface area contributed by atoms with Crippen molar-refractivity contribution in [3.8, 4) is 5.75 Å². The normalized spacial score (nSPS) is 15.2. The lowest BCUT2D eigenvalue weighted by atomic mass is 9.99. The molecule has 1 N–H and O–H groups in total. The summed E-state index contributed by atoms with van der Waals surface area (Å²) < 4.78 is 11.6. The summed E-state index contributed by atoms with van der Waals surface area (Å²) in [7, 11) is 1.50. The van der Waals surface area contributed by atoms with Crippen molar-refractivity contribution in [1.82, 2.24) is 9.88 Å². The fourth-order valence-corrected chi connectivity index (χ4v) is 5.13. The van der Waals surface area contributed by atoms with E-state index in [0.29, 0.717) is 21.9 Å². The van der Waals surface area contributed by atoms with Gasteiger partial charge in [-0.05, 0) is 61.7 Å². The minimum Gasteiger partial charge on any atom is -0.493 e. The molecule has 0 aliphatic carbocycles. The minimum absolute atomic E-state index is 0.0741. The molecule has 1 aliphatic heterocycles. The first kappa shape index (κ1) is 21.6. The fourth-order valence-electron chi connectivity index (χ4n) is 4.20. The SMILES string of the molecule is COc1cccc2cc(C(=O)Nc3nc4ccc(CN5CCC(C)CC5)cc4s3)c(=O)oc12. The van der Waals surface area contributed by atoms with Crippen molar-refractivity contribution >= 4 is 43.6 Å². The Balaban J connectivity index is 1.35. The lowest BCUT2D eigenvalue weighted by Crippen LogP contribution is -2.32. The van der Waals surface area contributed by atoms with Crippen molar-refractivity contribution in [3.63, 3.8) is 0 Å². The second-order valence-electron chi connectivity index (χ2n) is 8.56. The van der Waals surface area contributed by atoms with Crippen LogP contribution in [-0.4, -0.2) is 36.0 Å². The van der Waals surface area contributed by atoms with E-state index in [0.717, 1.165) is 35.8 Å². The van der Waals surface area contributed by atoms with Crippen LogP contribution in [0.4, 0.5) is 5.13 Å². The van der Waals surface area contributed by atoms with Gasteiger partial charge < -0.3 is 9.15 Å². The second kappa shape index (κ2) is 8.96. The Kier molecular flexibility index (Phi) is 5.86. The molecule has 1 aliphatic rings. The lowest BCUT2D eigenvalue weighted by Gasteiger charge is -2.30. The number of methoxy groups -OCH3 is 1. The maximum atomic E-state index is 12.8. The summed E-state index contributed by atoms with van der Waals surface area (Å²) in [5.41, 5.74) is 1.58. The third kappa shape index (κ3) is 4.49. The molecule has 1 saturated heterocycles. The maximum Gasteiger partial charge on any atom is 0.349 e. The zero-order valence-electron chi connectivity index (χ0n) is 18.6. The quantitative estimate of drug-likeness (QED) is 0.424. The van der Waals surface area contributed by atoms with Crippen LogP contribution < -0.4 is 15.7 Å². The molecule has 0 radical (unpaired) electrons. The Labute approximate surface area is 195 Å². The van der Waals surface area contributed by atoms with Gasteiger partial charge in [-0.25, -0.2) is 9.78 Å². The predicted octanol–water partition coefficient (Wildman–Crippen LogP) is 4.90. The van der Waals surface area contributed by atoms with Gasteiger partial charge in [-0.2, -0.15) is 0 Å². The van der Waals surface area contributed by atoms with Crippen molar-refractivity contribution in [3.05, 3.63) is 64.0 Å². The third-order valence-electron chi connectivity index (χ3n) is 6.14. The number of anilines is 1. The van der Waals surface area contributed by atoms with Gasteiger partial charge in [0.25, 0.3) is 5.91 Å². The van der Waals surface area contributed by atoms with Gasteiger partial charge in [-0.15, -0.1) is 0 Å². The number of carbonyl (C=O) groups excluding carboxylic acids is 1. The molecular weight excluding hydrogens is 438 g/mol. The minimum atomic E-state index is -0.719. The Morgan fingerprint density at radius 2 is 2.06 bits per heavy atom. The van der Waals surface area contributed by atoms with Crippen molar-refractivity contribution in [2.75, 3.05) is 25.5 Å². The molecule has 5 rings (SSSR count). The zero-order valence-corrected chi connectivity index (χ0v) is 19.4. The maximum absolute atomic E-state index is 12.8. The van der Waals surface area contributed by atoms with Crippen molar-refractivity contribution in [2.45, 2.75) is 26.3 Å². The first-order chi connectivity index (χ1) is 16.0. The van der Waals surface area contributed by atoms with Crippen LogP contribution in [0.3, 0.4) is 0 Å². The molecule has 33 heavy (non-hydrogen) atoms. The second-order valence-corrected chi connectivity index (χ2v) is 9.59. The molecule has 0 saturated carbocycles. The molecule has 8 heteroatoms. The average Bonchev–Trinajstić information content (AvgIpc) is 3.21. The first-order valence-corrected chi connectivity index (χ1v) is 11.9. The number of para-hydroxylation sites is 1. The van der Waals surface area contributed by atoms with E-state index in [1.807, 2.05) is 6.07 Å². The van der Waals surface area contributed by atoms with E-state index >= 15 is 0 Å². The van der Waals surface area contributed by atoms with Gasteiger partial charge in [0.1, 0.15) is 5.56 Å². The molecule has 0 unspecified atom stereocenters. The topological polar surface area (TPSA) is 84.7 Å². The van der Waals surface area contributed by atoms with Gasteiger partial charge in [-0.1, -0.05) is 36.5 Å².